The van der Waals surface area contributed by atoms with Crippen molar-refractivity contribution in [2.24, 2.45) is 0 Å². The molecule has 0 rings (SSSR count). The molecule has 0 spiro atoms. The molecule has 0 bridgehead atoms. The molecule has 0 aromatic carbocycles. The molecule has 0 aliphatic carbocycles. The van der Waals surface area contributed by atoms with Crippen LogP contribution in [0.1, 0.15) is 265 Å². The predicted octanol–water partition coefficient (Wildman–Crippen LogP) is 18.2. The second-order valence-electron chi connectivity index (χ2n) is 18.1. The molecule has 0 aromatic rings. The van der Waals surface area contributed by atoms with Gasteiger partial charge >= 0.3 is 17.9 Å². The van der Waals surface area contributed by atoms with Crippen LogP contribution in [0.4, 0.5) is 0 Å². The lowest BCUT2D eigenvalue weighted by Crippen LogP contribution is -2.30. The van der Waals surface area contributed by atoms with E-state index < -0.39 is 6.10 Å². The molecule has 0 aromatic heterocycles. The number of hydrogen-bond donors (Lipinski definition) is 0. The zero-order valence-corrected chi connectivity index (χ0v) is 42.7. The molecular formula is C59H102O6. The minimum Gasteiger partial charge on any atom is -0.462 e. The Morgan fingerprint density at radius 1 is 0.308 bits per heavy atom. The second-order valence-corrected chi connectivity index (χ2v) is 18.1. The van der Waals surface area contributed by atoms with Gasteiger partial charge in [-0.05, 0) is 109 Å². The van der Waals surface area contributed by atoms with Crippen LogP contribution in [-0.2, 0) is 28.6 Å². The van der Waals surface area contributed by atoms with Crippen LogP contribution in [0.25, 0.3) is 0 Å². The Kier molecular flexibility index (Phi) is 50.9. The van der Waals surface area contributed by atoms with E-state index in [2.05, 4.69) is 93.7 Å². The van der Waals surface area contributed by atoms with Gasteiger partial charge in [-0.1, -0.05) is 209 Å². The van der Waals surface area contributed by atoms with E-state index in [1.807, 2.05) is 0 Å². The summed E-state index contributed by atoms with van der Waals surface area (Å²) in [7, 11) is 0. The summed E-state index contributed by atoms with van der Waals surface area (Å²) in [5.41, 5.74) is 0. The van der Waals surface area contributed by atoms with Crippen LogP contribution < -0.4 is 0 Å². The standard InChI is InChI=1S/C59H102O6/c1-4-7-10-13-16-19-22-25-27-29-31-34-37-40-43-46-49-52-58(61)64-55-56(54-63-57(60)51-48-45-42-39-36-33-24-21-18-15-12-9-6-3)65-59(62)53-50-47-44-41-38-35-32-30-28-26-23-20-17-14-11-8-5-2/h16,19,21,24-28,31,34,40,43,56H,4-15,17-18,20,22-23,29-30,32-33,35-39,41-42,44-55H2,1-3H3/b19-16+,24-21+,27-25+,28-26+,34-31+,43-40+/t56-/m1/s1. The number of carbonyl (C=O) groups excluding carboxylic acids is 3. The van der Waals surface area contributed by atoms with Crippen LogP contribution in [0.15, 0.2) is 72.9 Å². The minimum atomic E-state index is -0.802. The van der Waals surface area contributed by atoms with Crippen LogP contribution in [0.3, 0.4) is 0 Å². The summed E-state index contributed by atoms with van der Waals surface area (Å²) >= 11 is 0. The third kappa shape index (κ3) is 51.7. The van der Waals surface area contributed by atoms with Gasteiger partial charge in [0.25, 0.3) is 0 Å². The number of hydrogen-bond acceptors (Lipinski definition) is 6. The highest BCUT2D eigenvalue weighted by atomic mass is 16.6. The maximum Gasteiger partial charge on any atom is 0.306 e. The van der Waals surface area contributed by atoms with Crippen molar-refractivity contribution in [2.45, 2.75) is 271 Å². The number of allylic oxidation sites excluding steroid dienone is 12. The first kappa shape index (κ1) is 61.9. The Morgan fingerprint density at radius 3 is 0.985 bits per heavy atom. The van der Waals surface area contributed by atoms with Gasteiger partial charge in [-0.2, -0.15) is 0 Å². The van der Waals surface area contributed by atoms with E-state index in [1.54, 1.807) is 0 Å². The zero-order valence-electron chi connectivity index (χ0n) is 42.7. The number of unbranched alkanes of at least 4 members (excludes halogenated alkanes) is 26. The maximum absolute atomic E-state index is 12.8. The molecule has 6 nitrogen and oxygen atoms in total. The van der Waals surface area contributed by atoms with Crippen LogP contribution in [0, 0.1) is 0 Å². The average molecular weight is 907 g/mol. The number of rotatable bonds is 49. The van der Waals surface area contributed by atoms with E-state index in [0.717, 1.165) is 70.6 Å². The Labute approximate surface area is 402 Å². The lowest BCUT2D eigenvalue weighted by atomic mass is 10.1. The van der Waals surface area contributed by atoms with E-state index in [-0.39, 0.29) is 37.5 Å². The van der Waals surface area contributed by atoms with E-state index in [4.69, 9.17) is 14.2 Å². The van der Waals surface area contributed by atoms with Crippen LogP contribution >= 0.6 is 0 Å². The van der Waals surface area contributed by atoms with Gasteiger partial charge in [-0.25, -0.2) is 0 Å². The summed E-state index contributed by atoms with van der Waals surface area (Å²) in [6.45, 7) is 6.54. The zero-order chi connectivity index (χ0) is 47.2. The number of esters is 3. The summed E-state index contributed by atoms with van der Waals surface area (Å²) < 4.78 is 16.8. The molecule has 0 amide bonds. The van der Waals surface area contributed by atoms with Crippen molar-refractivity contribution in [1.29, 1.82) is 0 Å². The summed E-state index contributed by atoms with van der Waals surface area (Å²) in [5, 5.41) is 0. The van der Waals surface area contributed by atoms with Gasteiger partial charge in [0.1, 0.15) is 13.2 Å². The van der Waals surface area contributed by atoms with Crippen molar-refractivity contribution in [3.63, 3.8) is 0 Å². The SMILES string of the molecule is CCCCC/C=C/C/C=C/C/C=C/C/C=C/CCCC(=O)OC[C@@H](COC(=O)CCCCCCC/C=C/CCCCCC)OC(=O)CCCCCCCCC/C=C/CCCCCCCC. The van der Waals surface area contributed by atoms with Gasteiger partial charge in [0.2, 0.25) is 0 Å². The molecule has 0 aliphatic heterocycles. The highest BCUT2D eigenvalue weighted by Gasteiger charge is 2.19. The molecule has 374 valence electrons. The van der Waals surface area contributed by atoms with Crippen molar-refractivity contribution in [3.05, 3.63) is 72.9 Å². The van der Waals surface area contributed by atoms with Crippen LogP contribution in [0.2, 0.25) is 0 Å². The van der Waals surface area contributed by atoms with Crippen molar-refractivity contribution >= 4 is 17.9 Å². The van der Waals surface area contributed by atoms with Crippen molar-refractivity contribution < 1.29 is 28.6 Å². The molecule has 0 saturated carbocycles. The molecule has 0 aliphatic rings. The fourth-order valence-electron chi connectivity index (χ4n) is 7.48. The molecular weight excluding hydrogens is 805 g/mol. The van der Waals surface area contributed by atoms with Crippen molar-refractivity contribution in [3.8, 4) is 0 Å². The van der Waals surface area contributed by atoms with E-state index >= 15 is 0 Å². The maximum atomic E-state index is 12.8. The molecule has 0 saturated heterocycles. The van der Waals surface area contributed by atoms with Gasteiger partial charge in [0.05, 0.1) is 0 Å². The van der Waals surface area contributed by atoms with Gasteiger partial charge < -0.3 is 14.2 Å². The molecule has 65 heavy (non-hydrogen) atoms. The van der Waals surface area contributed by atoms with Crippen LogP contribution in [0.5, 0.6) is 0 Å². The predicted molar refractivity (Wildman–Crippen MR) is 279 cm³/mol. The summed E-state index contributed by atoms with van der Waals surface area (Å²) in [4.78, 5) is 38.0. The first-order valence-electron chi connectivity index (χ1n) is 27.4. The van der Waals surface area contributed by atoms with Gasteiger partial charge in [-0.3, -0.25) is 14.4 Å². The largest absolute Gasteiger partial charge is 0.462 e. The van der Waals surface area contributed by atoms with E-state index in [0.29, 0.717) is 19.3 Å². The van der Waals surface area contributed by atoms with Gasteiger partial charge in [-0.15, -0.1) is 0 Å². The summed E-state index contributed by atoms with van der Waals surface area (Å²) in [5.74, 6) is -0.965. The van der Waals surface area contributed by atoms with Gasteiger partial charge in [0, 0.05) is 19.3 Å². The summed E-state index contributed by atoms with van der Waals surface area (Å²) in [6, 6.07) is 0. The molecule has 1 atom stereocenters. The lowest BCUT2D eigenvalue weighted by molar-refractivity contribution is -0.167. The van der Waals surface area contributed by atoms with Gasteiger partial charge in [0.15, 0.2) is 6.10 Å². The number of carbonyl (C=O) groups is 3. The quantitative estimate of drug-likeness (QED) is 0.0262. The topological polar surface area (TPSA) is 78.9 Å². The smallest absolute Gasteiger partial charge is 0.306 e. The fraction of sp³-hybridized carbons (Fsp3) is 0.746. The van der Waals surface area contributed by atoms with E-state index in [9.17, 15) is 14.4 Å². The molecule has 0 radical (unpaired) electrons. The molecule has 0 N–H and O–H groups in total. The monoisotopic (exact) mass is 907 g/mol. The van der Waals surface area contributed by atoms with Crippen molar-refractivity contribution in [1.82, 2.24) is 0 Å². The fourth-order valence-corrected chi connectivity index (χ4v) is 7.48. The third-order valence-corrected chi connectivity index (χ3v) is 11.7. The average Bonchev–Trinajstić information content (AvgIpc) is 3.30. The Morgan fingerprint density at radius 2 is 0.569 bits per heavy atom. The third-order valence-electron chi connectivity index (χ3n) is 11.7. The number of ether oxygens (including phenoxy) is 3. The second kappa shape index (κ2) is 53.5. The molecule has 0 unspecified atom stereocenters. The molecule has 0 heterocycles. The lowest BCUT2D eigenvalue weighted by Gasteiger charge is -2.18. The van der Waals surface area contributed by atoms with E-state index in [1.165, 1.54) is 148 Å². The minimum absolute atomic E-state index is 0.0981. The summed E-state index contributed by atoms with van der Waals surface area (Å²) in [6.07, 6.45) is 67.4. The highest BCUT2D eigenvalue weighted by molar-refractivity contribution is 5.71. The Bertz CT molecular complexity index is 1230. The highest BCUT2D eigenvalue weighted by Crippen LogP contribution is 2.14. The van der Waals surface area contributed by atoms with Crippen LogP contribution in [-0.4, -0.2) is 37.2 Å². The first-order chi connectivity index (χ1) is 32.0. The molecule has 6 heteroatoms. The van der Waals surface area contributed by atoms with Crippen molar-refractivity contribution in [2.75, 3.05) is 13.2 Å². The Balaban J connectivity index is 4.47. The molecule has 0 fully saturated rings. The normalized spacial score (nSPS) is 12.6. The Hall–Kier alpha value is -3.15. The first-order valence-corrected chi connectivity index (χ1v) is 27.4.